The van der Waals surface area contributed by atoms with Crippen LogP contribution in [0.2, 0.25) is 0 Å². The van der Waals surface area contributed by atoms with Gasteiger partial charge in [0.1, 0.15) is 6.07 Å². The molecule has 1 heterocycles. The number of hydrogen-bond acceptors (Lipinski definition) is 3. The zero-order valence-electron chi connectivity index (χ0n) is 12.3. The van der Waals surface area contributed by atoms with Gasteiger partial charge in [-0.25, -0.2) is 4.68 Å². The Morgan fingerprint density at radius 2 is 1.90 bits per heavy atom. The molecule has 0 N–H and O–H groups in total. The van der Waals surface area contributed by atoms with Crippen LogP contribution < -0.4 is 0 Å². The Morgan fingerprint density at radius 3 is 2.50 bits per heavy atom. The van der Waals surface area contributed by atoms with Crippen molar-refractivity contribution >= 4 is 0 Å². The third-order valence-corrected chi connectivity index (χ3v) is 3.78. The van der Waals surface area contributed by atoms with Crippen molar-refractivity contribution in [2.75, 3.05) is 0 Å². The van der Waals surface area contributed by atoms with Crippen molar-refractivity contribution < 1.29 is 0 Å². The van der Waals surface area contributed by atoms with Crippen LogP contribution in [-0.2, 0) is 6.42 Å². The van der Waals surface area contributed by atoms with Crippen molar-refractivity contribution in [3.63, 3.8) is 0 Å². The van der Waals surface area contributed by atoms with Gasteiger partial charge in [0.15, 0.2) is 5.69 Å². The number of aromatic nitrogens is 3. The molecule has 0 aliphatic carbocycles. The lowest BCUT2D eigenvalue weighted by Gasteiger charge is -2.16. The fourth-order valence-corrected chi connectivity index (χ4v) is 2.60. The Kier molecular flexibility index (Phi) is 4.52. The normalized spacial score (nSPS) is 10.8. The van der Waals surface area contributed by atoms with Crippen molar-refractivity contribution in [3.8, 4) is 11.8 Å². The van der Waals surface area contributed by atoms with Crippen molar-refractivity contribution in [2.24, 2.45) is 0 Å². The third kappa shape index (κ3) is 2.44. The van der Waals surface area contributed by atoms with E-state index in [4.69, 9.17) is 0 Å². The SMILES string of the molecule is CCc1ccccc1-n1nnc(C#N)c1C(CC)CC. The summed E-state index contributed by atoms with van der Waals surface area (Å²) in [6.45, 7) is 6.40. The first kappa shape index (κ1) is 14.3. The molecule has 0 saturated heterocycles. The molecule has 0 bridgehead atoms. The van der Waals surface area contributed by atoms with Gasteiger partial charge >= 0.3 is 0 Å². The molecule has 0 spiro atoms. The molecule has 0 radical (unpaired) electrons. The Hall–Kier alpha value is -2.15. The summed E-state index contributed by atoms with van der Waals surface area (Å²) in [5.74, 6) is 0.310. The number of rotatable bonds is 5. The second-order valence-corrected chi connectivity index (χ2v) is 4.84. The van der Waals surface area contributed by atoms with E-state index in [1.165, 1.54) is 5.56 Å². The minimum atomic E-state index is 0.310. The van der Waals surface area contributed by atoms with E-state index in [9.17, 15) is 5.26 Å². The molecular weight excluding hydrogens is 248 g/mol. The molecule has 0 aliphatic rings. The highest BCUT2D eigenvalue weighted by Gasteiger charge is 2.21. The van der Waals surface area contributed by atoms with Gasteiger partial charge in [-0.3, -0.25) is 0 Å². The standard InChI is InChI=1S/C16H20N4/c1-4-12(5-2)16-14(11-17)18-19-20(16)15-10-8-7-9-13(15)6-3/h7-10,12H,4-6H2,1-3H3. The zero-order valence-corrected chi connectivity index (χ0v) is 12.3. The van der Waals surface area contributed by atoms with Crippen LogP contribution in [0, 0.1) is 11.3 Å². The Balaban J connectivity index is 2.63. The van der Waals surface area contributed by atoms with Gasteiger partial charge in [0, 0.05) is 5.92 Å². The fourth-order valence-electron chi connectivity index (χ4n) is 2.60. The highest BCUT2D eigenvalue weighted by Crippen LogP contribution is 2.28. The fraction of sp³-hybridized carbons (Fsp3) is 0.438. The second kappa shape index (κ2) is 6.33. The quantitative estimate of drug-likeness (QED) is 0.832. The molecule has 104 valence electrons. The molecule has 0 saturated carbocycles. The van der Waals surface area contributed by atoms with E-state index < -0.39 is 0 Å². The van der Waals surface area contributed by atoms with Crippen LogP contribution >= 0.6 is 0 Å². The van der Waals surface area contributed by atoms with Crippen LogP contribution in [0.4, 0.5) is 0 Å². The Labute approximate surface area is 120 Å². The van der Waals surface area contributed by atoms with E-state index in [2.05, 4.69) is 43.2 Å². The van der Waals surface area contributed by atoms with Gasteiger partial charge in [-0.2, -0.15) is 5.26 Å². The molecule has 0 aliphatic heterocycles. The number of aryl methyl sites for hydroxylation is 1. The zero-order chi connectivity index (χ0) is 14.5. The summed E-state index contributed by atoms with van der Waals surface area (Å²) >= 11 is 0. The predicted octanol–water partition coefficient (Wildman–Crippen LogP) is 3.60. The molecule has 20 heavy (non-hydrogen) atoms. The molecule has 0 amide bonds. The van der Waals surface area contributed by atoms with Crippen molar-refractivity contribution in [2.45, 2.75) is 46.0 Å². The summed E-state index contributed by atoms with van der Waals surface area (Å²) in [6, 6.07) is 10.3. The molecule has 1 aromatic heterocycles. The van der Waals surface area contributed by atoms with Gasteiger partial charge in [0.2, 0.25) is 0 Å². The first-order valence-corrected chi connectivity index (χ1v) is 7.20. The second-order valence-electron chi connectivity index (χ2n) is 4.84. The first-order chi connectivity index (χ1) is 9.76. The number of para-hydroxylation sites is 1. The van der Waals surface area contributed by atoms with E-state index >= 15 is 0 Å². The highest BCUT2D eigenvalue weighted by atomic mass is 15.4. The molecule has 2 aromatic rings. The minimum absolute atomic E-state index is 0.310. The lowest BCUT2D eigenvalue weighted by atomic mass is 9.97. The van der Waals surface area contributed by atoms with Crippen LogP contribution in [0.1, 0.15) is 56.5 Å². The van der Waals surface area contributed by atoms with Crippen molar-refractivity contribution in [1.82, 2.24) is 15.0 Å². The lowest BCUT2D eigenvalue weighted by Crippen LogP contribution is -2.10. The molecule has 2 rings (SSSR count). The van der Waals surface area contributed by atoms with Gasteiger partial charge in [-0.15, -0.1) is 5.10 Å². The molecule has 0 fully saturated rings. The van der Waals surface area contributed by atoms with Gasteiger partial charge in [-0.1, -0.05) is 44.2 Å². The van der Waals surface area contributed by atoms with Crippen LogP contribution in [0.25, 0.3) is 5.69 Å². The third-order valence-electron chi connectivity index (χ3n) is 3.78. The van der Waals surface area contributed by atoms with Crippen LogP contribution in [-0.4, -0.2) is 15.0 Å². The Bertz CT molecular complexity index is 618. The number of nitrogens with zero attached hydrogens (tertiary/aromatic N) is 4. The summed E-state index contributed by atoms with van der Waals surface area (Å²) in [5, 5.41) is 17.6. The van der Waals surface area contributed by atoms with E-state index in [0.717, 1.165) is 30.6 Å². The molecular formula is C16H20N4. The highest BCUT2D eigenvalue weighted by molar-refractivity contribution is 5.44. The average Bonchev–Trinajstić information content (AvgIpc) is 2.92. The smallest absolute Gasteiger partial charge is 0.186 e. The molecule has 1 aromatic carbocycles. The number of hydrogen-bond donors (Lipinski definition) is 0. The summed E-state index contributed by atoms with van der Waals surface area (Å²) < 4.78 is 1.86. The van der Waals surface area contributed by atoms with Crippen molar-refractivity contribution in [1.29, 1.82) is 5.26 Å². The molecule has 4 heteroatoms. The summed E-state index contributed by atoms with van der Waals surface area (Å²) in [6.07, 6.45) is 2.89. The molecule has 0 unspecified atom stereocenters. The molecule has 0 atom stereocenters. The maximum atomic E-state index is 9.28. The minimum Gasteiger partial charge on any atom is -0.216 e. The number of nitriles is 1. The van der Waals surface area contributed by atoms with Crippen LogP contribution in [0.15, 0.2) is 24.3 Å². The Morgan fingerprint density at radius 1 is 1.20 bits per heavy atom. The number of benzene rings is 1. The topological polar surface area (TPSA) is 54.5 Å². The van der Waals surface area contributed by atoms with Crippen molar-refractivity contribution in [3.05, 3.63) is 41.2 Å². The van der Waals surface area contributed by atoms with Gasteiger partial charge < -0.3 is 0 Å². The predicted molar refractivity (Wildman–Crippen MR) is 78.8 cm³/mol. The van der Waals surface area contributed by atoms with E-state index in [0.29, 0.717) is 11.6 Å². The lowest BCUT2D eigenvalue weighted by molar-refractivity contribution is 0.593. The van der Waals surface area contributed by atoms with E-state index in [1.807, 2.05) is 22.9 Å². The van der Waals surface area contributed by atoms with Crippen LogP contribution in [0.3, 0.4) is 0 Å². The molecule has 4 nitrogen and oxygen atoms in total. The summed E-state index contributed by atoms with van der Waals surface area (Å²) in [5.41, 5.74) is 3.64. The van der Waals surface area contributed by atoms with Gasteiger partial charge in [0.05, 0.1) is 11.4 Å². The summed E-state index contributed by atoms with van der Waals surface area (Å²) in [4.78, 5) is 0. The monoisotopic (exact) mass is 268 g/mol. The van der Waals surface area contributed by atoms with Gasteiger partial charge in [0.25, 0.3) is 0 Å². The van der Waals surface area contributed by atoms with Gasteiger partial charge in [-0.05, 0) is 30.9 Å². The maximum Gasteiger partial charge on any atom is 0.186 e. The van der Waals surface area contributed by atoms with E-state index in [1.54, 1.807) is 0 Å². The maximum absolute atomic E-state index is 9.28. The largest absolute Gasteiger partial charge is 0.216 e. The summed E-state index contributed by atoms with van der Waals surface area (Å²) in [7, 11) is 0. The van der Waals surface area contributed by atoms with Crippen LogP contribution in [0.5, 0.6) is 0 Å². The average molecular weight is 268 g/mol. The first-order valence-electron chi connectivity index (χ1n) is 7.20. The van der Waals surface area contributed by atoms with E-state index in [-0.39, 0.29) is 0 Å².